The minimum atomic E-state index is -1.20. The Morgan fingerprint density at radius 1 is 1.18 bits per heavy atom. The second-order valence-electron chi connectivity index (χ2n) is 11.6. The zero-order chi connectivity index (χ0) is 31.7. The summed E-state index contributed by atoms with van der Waals surface area (Å²) < 4.78 is 51.6. The Labute approximate surface area is 257 Å². The Bertz CT molecular complexity index is 1910. The number of nitrogens with zero attached hydrogens (tertiary/aromatic N) is 5. The molecule has 0 radical (unpaired) electrons. The first-order valence-electron chi connectivity index (χ1n) is 13.5. The Hall–Kier alpha value is -4.35. The predicted octanol–water partition coefficient (Wildman–Crippen LogP) is 7.13. The van der Waals surface area contributed by atoms with Crippen LogP contribution in [-0.2, 0) is 4.74 Å². The Morgan fingerprint density at radius 3 is 2.48 bits per heavy atom. The second kappa shape index (κ2) is 10.7. The lowest BCUT2D eigenvalue weighted by atomic mass is 9.97. The monoisotopic (exact) mass is 644 g/mol. The third-order valence-corrected chi connectivity index (χ3v) is 9.04. The van der Waals surface area contributed by atoms with Crippen LogP contribution in [0.5, 0.6) is 0 Å². The standard InChI is InChI=1S/C29H24ClF3N6O4S/c1-29(2,3)43-27(40)37-25-16(9-34)19-14(6-7-18(31)23(19)44-25)20-17(30)8-15-22(21(20)32)35-26(33)36-24(15)38-10-12-4-5-13(11-38)39(12)28(41)42/h6-8,12-13H,4-5,10-11H2,1-3H3,(H,37,40)(H,41,42)/t12-,13+. The van der Waals surface area contributed by atoms with Crippen LogP contribution < -0.4 is 10.2 Å². The summed E-state index contributed by atoms with van der Waals surface area (Å²) in [5, 5.41) is 22.1. The maximum atomic E-state index is 16.4. The maximum Gasteiger partial charge on any atom is 0.412 e. The topological polar surface area (TPSA) is 132 Å². The highest BCUT2D eigenvalue weighted by atomic mass is 35.5. The molecule has 0 aliphatic carbocycles. The number of rotatable bonds is 3. The zero-order valence-electron chi connectivity index (χ0n) is 23.5. The van der Waals surface area contributed by atoms with E-state index in [1.807, 2.05) is 6.07 Å². The maximum absolute atomic E-state index is 16.4. The normalized spacial score (nSPS) is 18.1. The van der Waals surface area contributed by atoms with Gasteiger partial charge in [0.25, 0.3) is 0 Å². The fourth-order valence-corrected chi connectivity index (χ4v) is 7.36. The van der Waals surface area contributed by atoms with Crippen molar-refractivity contribution in [3.63, 3.8) is 0 Å². The Morgan fingerprint density at radius 2 is 1.86 bits per heavy atom. The van der Waals surface area contributed by atoms with E-state index in [0.29, 0.717) is 12.8 Å². The number of piperazine rings is 1. The van der Waals surface area contributed by atoms with Crippen molar-refractivity contribution in [2.24, 2.45) is 0 Å². The van der Waals surface area contributed by atoms with E-state index < -0.39 is 41.0 Å². The zero-order valence-corrected chi connectivity index (χ0v) is 25.1. The van der Waals surface area contributed by atoms with Crippen LogP contribution >= 0.6 is 22.9 Å². The lowest BCUT2D eigenvalue weighted by molar-refractivity contribution is 0.0636. The average Bonchev–Trinajstić information content (AvgIpc) is 3.43. The van der Waals surface area contributed by atoms with Crippen molar-refractivity contribution in [1.82, 2.24) is 14.9 Å². The molecule has 2 fully saturated rings. The van der Waals surface area contributed by atoms with Crippen molar-refractivity contribution in [1.29, 1.82) is 5.26 Å². The highest BCUT2D eigenvalue weighted by molar-refractivity contribution is 7.23. The molecule has 10 nitrogen and oxygen atoms in total. The van der Waals surface area contributed by atoms with Crippen LogP contribution in [0.3, 0.4) is 0 Å². The van der Waals surface area contributed by atoms with Crippen LogP contribution in [0.15, 0.2) is 18.2 Å². The number of nitrogens with one attached hydrogen (secondary N) is 1. The lowest BCUT2D eigenvalue weighted by Crippen LogP contribution is -2.55. The smallest absolute Gasteiger partial charge is 0.412 e. The van der Waals surface area contributed by atoms with Gasteiger partial charge < -0.3 is 14.7 Å². The molecule has 2 aromatic carbocycles. The molecule has 4 heterocycles. The molecule has 0 saturated carbocycles. The summed E-state index contributed by atoms with van der Waals surface area (Å²) in [5.74, 6) is -1.67. The summed E-state index contributed by atoms with van der Waals surface area (Å²) in [5.41, 5.74) is -1.59. The number of anilines is 2. The number of carbonyl (C=O) groups excluding carboxylic acids is 1. The van der Waals surface area contributed by atoms with Gasteiger partial charge in [-0.25, -0.2) is 18.4 Å². The first-order valence-corrected chi connectivity index (χ1v) is 14.7. The van der Waals surface area contributed by atoms with E-state index >= 15 is 8.78 Å². The van der Waals surface area contributed by atoms with Gasteiger partial charge in [0.15, 0.2) is 5.82 Å². The molecule has 2 atom stereocenters. The number of aromatic nitrogens is 2. The van der Waals surface area contributed by atoms with Crippen molar-refractivity contribution < 1.29 is 32.6 Å². The first kappa shape index (κ1) is 29.7. The SMILES string of the molecule is CC(C)(C)OC(=O)Nc1sc2c(F)ccc(-c3c(Cl)cc4c(N5C[C@H]6CC[C@@H](C5)N6C(=O)O)nc(F)nc4c3F)c2c1C#N. The van der Waals surface area contributed by atoms with E-state index in [1.165, 1.54) is 17.0 Å². The van der Waals surface area contributed by atoms with E-state index in [2.05, 4.69) is 15.3 Å². The molecule has 2 N–H and O–H groups in total. The molecule has 2 aliphatic rings. The molecular formula is C29H24ClF3N6O4S. The summed E-state index contributed by atoms with van der Waals surface area (Å²) in [6.07, 6.45) is -1.84. The van der Waals surface area contributed by atoms with Crippen LogP contribution in [0, 0.1) is 29.0 Å². The van der Waals surface area contributed by atoms with Crippen LogP contribution in [-0.4, -0.2) is 62.9 Å². The number of amides is 2. The fourth-order valence-electron chi connectivity index (χ4n) is 6.00. The average molecular weight is 645 g/mol. The molecule has 0 unspecified atom stereocenters. The number of hydrogen-bond acceptors (Lipinski definition) is 8. The van der Waals surface area contributed by atoms with E-state index in [-0.39, 0.29) is 73.2 Å². The minimum absolute atomic E-state index is 0.000159. The molecule has 228 valence electrons. The van der Waals surface area contributed by atoms with E-state index in [4.69, 9.17) is 16.3 Å². The summed E-state index contributed by atoms with van der Waals surface area (Å²) in [7, 11) is 0. The number of nitriles is 1. The Kier molecular flexibility index (Phi) is 7.21. The van der Waals surface area contributed by atoms with Gasteiger partial charge in [0.05, 0.1) is 27.4 Å². The summed E-state index contributed by atoms with van der Waals surface area (Å²) >= 11 is 7.44. The van der Waals surface area contributed by atoms with Gasteiger partial charge in [-0.15, -0.1) is 11.3 Å². The number of halogens is 4. The molecular weight excluding hydrogens is 621 g/mol. The molecule has 2 saturated heterocycles. The number of carboxylic acid groups (broad SMARTS) is 1. The van der Waals surface area contributed by atoms with Crippen molar-refractivity contribution in [2.45, 2.75) is 51.3 Å². The van der Waals surface area contributed by atoms with Gasteiger partial charge in [0.1, 0.15) is 33.8 Å². The van der Waals surface area contributed by atoms with Gasteiger partial charge in [-0.2, -0.15) is 19.6 Å². The summed E-state index contributed by atoms with van der Waals surface area (Å²) in [4.78, 5) is 35.0. The largest absolute Gasteiger partial charge is 0.465 e. The minimum Gasteiger partial charge on any atom is -0.465 e. The third kappa shape index (κ3) is 4.99. The molecule has 15 heteroatoms. The van der Waals surface area contributed by atoms with Crippen LogP contribution in [0.1, 0.15) is 39.2 Å². The lowest BCUT2D eigenvalue weighted by Gasteiger charge is -2.40. The van der Waals surface area contributed by atoms with Crippen molar-refractivity contribution >= 4 is 66.9 Å². The number of fused-ring (bicyclic) bond motifs is 4. The quantitative estimate of drug-likeness (QED) is 0.225. The van der Waals surface area contributed by atoms with Crippen molar-refractivity contribution in [3.8, 4) is 17.2 Å². The van der Waals surface area contributed by atoms with Gasteiger partial charge in [-0.3, -0.25) is 10.2 Å². The van der Waals surface area contributed by atoms with E-state index in [0.717, 1.165) is 17.4 Å². The molecule has 6 rings (SSSR count). The summed E-state index contributed by atoms with van der Waals surface area (Å²) in [6.45, 7) is 5.42. The van der Waals surface area contributed by atoms with Gasteiger partial charge in [0, 0.05) is 29.4 Å². The third-order valence-electron chi connectivity index (χ3n) is 7.62. The molecule has 2 bridgehead atoms. The van der Waals surface area contributed by atoms with Crippen molar-refractivity contribution in [2.75, 3.05) is 23.3 Å². The van der Waals surface area contributed by atoms with E-state index in [1.54, 1.807) is 25.7 Å². The van der Waals surface area contributed by atoms with Crippen molar-refractivity contribution in [3.05, 3.63) is 46.5 Å². The van der Waals surface area contributed by atoms with Gasteiger partial charge >= 0.3 is 18.3 Å². The molecule has 44 heavy (non-hydrogen) atoms. The van der Waals surface area contributed by atoms with Gasteiger partial charge in [-0.05, 0) is 51.3 Å². The van der Waals surface area contributed by atoms with Crippen LogP contribution in [0.2, 0.25) is 5.02 Å². The second-order valence-corrected chi connectivity index (χ2v) is 13.0. The molecule has 2 amide bonds. The van der Waals surface area contributed by atoms with Gasteiger partial charge in [-0.1, -0.05) is 17.7 Å². The number of hydrogen-bond donors (Lipinski definition) is 2. The van der Waals surface area contributed by atoms with E-state index in [9.17, 15) is 24.3 Å². The fraction of sp³-hybridized carbons (Fsp3) is 0.345. The molecule has 4 aromatic rings. The van der Waals surface area contributed by atoms with Crippen LogP contribution in [0.4, 0.5) is 33.6 Å². The number of thiophene rings is 1. The van der Waals surface area contributed by atoms with Crippen LogP contribution in [0.25, 0.3) is 32.1 Å². The number of carbonyl (C=O) groups is 2. The summed E-state index contributed by atoms with van der Waals surface area (Å²) in [6, 6.07) is 4.99. The highest BCUT2D eigenvalue weighted by Gasteiger charge is 2.43. The predicted molar refractivity (Wildman–Crippen MR) is 159 cm³/mol. The Balaban J connectivity index is 1.49. The molecule has 2 aliphatic heterocycles. The number of benzene rings is 2. The number of ether oxygens (including phenoxy) is 1. The molecule has 2 aromatic heterocycles. The molecule has 0 spiro atoms. The first-order chi connectivity index (χ1) is 20.8. The highest BCUT2D eigenvalue weighted by Crippen LogP contribution is 2.46. The van der Waals surface area contributed by atoms with Gasteiger partial charge in [0.2, 0.25) is 0 Å².